The number of thiazole rings is 1. The molecule has 5 heteroatoms. The third-order valence-corrected chi connectivity index (χ3v) is 5.83. The van der Waals surface area contributed by atoms with Gasteiger partial charge in [0.1, 0.15) is 5.75 Å². The Bertz CT molecular complexity index is 1170. The quantitative estimate of drug-likeness (QED) is 0.167. The molecule has 3 aromatic carbocycles. The lowest BCUT2D eigenvalue weighted by Crippen LogP contribution is -2.00. The second-order valence-electron chi connectivity index (χ2n) is 7.59. The number of rotatable bonds is 9. The minimum atomic E-state index is 0.696. The van der Waals surface area contributed by atoms with Gasteiger partial charge in [0.2, 0.25) is 5.13 Å². The molecule has 0 spiro atoms. The molecule has 4 nitrogen and oxygen atoms in total. The summed E-state index contributed by atoms with van der Waals surface area (Å²) >= 11 is 1.53. The van der Waals surface area contributed by atoms with Gasteiger partial charge in [0.15, 0.2) is 0 Å². The van der Waals surface area contributed by atoms with Crippen LogP contribution in [-0.2, 0) is 0 Å². The number of aryl methyl sites for hydroxylation is 1. The van der Waals surface area contributed by atoms with Gasteiger partial charge in [-0.3, -0.25) is 5.43 Å². The lowest BCUT2D eigenvalue weighted by molar-refractivity contribution is 0.309. The van der Waals surface area contributed by atoms with E-state index in [4.69, 9.17) is 4.74 Å². The van der Waals surface area contributed by atoms with E-state index < -0.39 is 0 Å². The fourth-order valence-corrected chi connectivity index (χ4v) is 3.92. The summed E-state index contributed by atoms with van der Waals surface area (Å²) in [6.07, 6.45) is 3.93. The Kier molecular flexibility index (Phi) is 7.31. The van der Waals surface area contributed by atoms with Gasteiger partial charge >= 0.3 is 0 Å². The van der Waals surface area contributed by atoms with Crippen molar-refractivity contribution in [2.45, 2.75) is 26.7 Å². The van der Waals surface area contributed by atoms with E-state index in [9.17, 15) is 0 Å². The van der Waals surface area contributed by atoms with E-state index in [0.717, 1.165) is 46.1 Å². The Morgan fingerprint density at radius 3 is 2.53 bits per heavy atom. The number of benzene rings is 3. The highest BCUT2D eigenvalue weighted by molar-refractivity contribution is 7.14. The zero-order chi connectivity index (χ0) is 22.2. The number of hydrogen-bond donors (Lipinski definition) is 1. The molecule has 4 rings (SSSR count). The summed E-state index contributed by atoms with van der Waals surface area (Å²) in [5, 5.41) is 7.23. The van der Waals surface area contributed by atoms with Gasteiger partial charge in [0.05, 0.1) is 18.5 Å². The van der Waals surface area contributed by atoms with Crippen molar-refractivity contribution in [3.05, 3.63) is 89.3 Å². The van der Waals surface area contributed by atoms with Crippen molar-refractivity contribution in [3.63, 3.8) is 0 Å². The summed E-state index contributed by atoms with van der Waals surface area (Å²) in [7, 11) is 0. The van der Waals surface area contributed by atoms with Crippen molar-refractivity contribution in [1.82, 2.24) is 4.98 Å². The molecule has 1 N–H and O–H groups in total. The van der Waals surface area contributed by atoms with E-state index in [0.29, 0.717) is 6.61 Å². The Hall–Kier alpha value is -3.44. The Morgan fingerprint density at radius 2 is 1.75 bits per heavy atom. The molecule has 1 heterocycles. The zero-order valence-corrected chi connectivity index (χ0v) is 19.2. The van der Waals surface area contributed by atoms with Gasteiger partial charge in [-0.25, -0.2) is 4.98 Å². The van der Waals surface area contributed by atoms with Crippen LogP contribution in [0.3, 0.4) is 0 Å². The van der Waals surface area contributed by atoms with Crippen molar-refractivity contribution in [1.29, 1.82) is 0 Å². The fourth-order valence-electron chi connectivity index (χ4n) is 3.26. The predicted molar refractivity (Wildman–Crippen MR) is 136 cm³/mol. The molecule has 0 aliphatic rings. The van der Waals surface area contributed by atoms with Crippen LogP contribution in [0.4, 0.5) is 5.13 Å². The molecule has 0 unspecified atom stereocenters. The number of ether oxygens (including phenoxy) is 1. The van der Waals surface area contributed by atoms with E-state index in [1.165, 1.54) is 22.5 Å². The van der Waals surface area contributed by atoms with Gasteiger partial charge in [0.25, 0.3) is 0 Å². The number of hydrogen-bond acceptors (Lipinski definition) is 5. The highest BCUT2D eigenvalue weighted by Gasteiger charge is 2.07. The maximum atomic E-state index is 6.02. The minimum absolute atomic E-state index is 0.696. The van der Waals surface area contributed by atoms with Crippen LogP contribution < -0.4 is 10.2 Å². The first-order valence-electron chi connectivity index (χ1n) is 10.9. The molecule has 0 bridgehead atoms. The van der Waals surface area contributed by atoms with Crippen LogP contribution in [-0.4, -0.2) is 17.8 Å². The molecular formula is C27H27N3OS. The van der Waals surface area contributed by atoms with Crippen molar-refractivity contribution in [2.24, 2.45) is 5.10 Å². The Morgan fingerprint density at radius 1 is 0.969 bits per heavy atom. The molecule has 0 aliphatic heterocycles. The second kappa shape index (κ2) is 10.7. The van der Waals surface area contributed by atoms with Gasteiger partial charge in [-0.1, -0.05) is 79.6 Å². The molecule has 0 aliphatic carbocycles. The SMILES string of the molecule is CCCCOc1ccc(-c2ccc(C)cc2)cc1C=NNc1nc(-c2ccccc2)cs1. The maximum absolute atomic E-state index is 6.02. The number of nitrogens with one attached hydrogen (secondary N) is 1. The minimum Gasteiger partial charge on any atom is -0.493 e. The summed E-state index contributed by atoms with van der Waals surface area (Å²) in [6.45, 7) is 4.95. The van der Waals surface area contributed by atoms with Crippen molar-refractivity contribution in [2.75, 3.05) is 12.0 Å². The van der Waals surface area contributed by atoms with E-state index in [-0.39, 0.29) is 0 Å². The molecule has 0 atom stereocenters. The summed E-state index contributed by atoms with van der Waals surface area (Å²) in [5.41, 5.74) is 9.59. The average Bonchev–Trinajstić information content (AvgIpc) is 3.30. The van der Waals surface area contributed by atoms with Gasteiger partial charge in [0, 0.05) is 16.5 Å². The van der Waals surface area contributed by atoms with E-state index in [1.807, 2.05) is 35.9 Å². The molecule has 0 saturated heterocycles. The summed E-state index contributed by atoms with van der Waals surface area (Å²) in [4.78, 5) is 4.63. The van der Waals surface area contributed by atoms with Gasteiger partial charge in [-0.15, -0.1) is 11.3 Å². The molecule has 4 aromatic rings. The van der Waals surface area contributed by atoms with Crippen LogP contribution >= 0.6 is 11.3 Å². The van der Waals surface area contributed by atoms with Gasteiger partial charge < -0.3 is 4.74 Å². The van der Waals surface area contributed by atoms with Crippen LogP contribution in [0.2, 0.25) is 0 Å². The Labute approximate surface area is 193 Å². The summed E-state index contributed by atoms with van der Waals surface area (Å²) < 4.78 is 6.02. The largest absolute Gasteiger partial charge is 0.493 e. The lowest BCUT2D eigenvalue weighted by Gasteiger charge is -2.11. The first-order valence-corrected chi connectivity index (χ1v) is 11.7. The number of anilines is 1. The molecular weight excluding hydrogens is 414 g/mol. The molecule has 0 amide bonds. The predicted octanol–water partition coefficient (Wildman–Crippen LogP) is 7.41. The van der Waals surface area contributed by atoms with Crippen molar-refractivity contribution in [3.8, 4) is 28.1 Å². The number of aromatic nitrogens is 1. The zero-order valence-electron chi connectivity index (χ0n) is 18.4. The first kappa shape index (κ1) is 21.8. The number of hydrazone groups is 1. The maximum Gasteiger partial charge on any atom is 0.203 e. The van der Waals surface area contributed by atoms with Crippen LogP contribution in [0.5, 0.6) is 5.75 Å². The summed E-state index contributed by atoms with van der Waals surface area (Å²) in [6, 6.07) is 24.9. The molecule has 1 aromatic heterocycles. The van der Waals surface area contributed by atoms with E-state index in [2.05, 4.69) is 77.9 Å². The summed E-state index contributed by atoms with van der Waals surface area (Å²) in [5.74, 6) is 0.837. The van der Waals surface area contributed by atoms with Crippen LogP contribution in [0.1, 0.15) is 30.9 Å². The van der Waals surface area contributed by atoms with Crippen molar-refractivity contribution >= 4 is 22.7 Å². The Balaban J connectivity index is 1.53. The van der Waals surface area contributed by atoms with Crippen LogP contribution in [0.15, 0.2) is 83.3 Å². The molecule has 0 radical (unpaired) electrons. The highest BCUT2D eigenvalue weighted by Crippen LogP contribution is 2.27. The molecule has 0 saturated carbocycles. The van der Waals surface area contributed by atoms with E-state index >= 15 is 0 Å². The second-order valence-corrected chi connectivity index (χ2v) is 8.45. The van der Waals surface area contributed by atoms with E-state index in [1.54, 1.807) is 0 Å². The number of nitrogens with zero attached hydrogens (tertiary/aromatic N) is 2. The molecule has 32 heavy (non-hydrogen) atoms. The van der Waals surface area contributed by atoms with Gasteiger partial charge in [-0.2, -0.15) is 5.10 Å². The van der Waals surface area contributed by atoms with Gasteiger partial charge in [-0.05, 0) is 36.6 Å². The fraction of sp³-hybridized carbons (Fsp3) is 0.185. The highest BCUT2D eigenvalue weighted by atomic mass is 32.1. The standard InChI is InChI=1S/C27H27N3OS/c1-3-4-16-31-26-15-14-23(21-12-10-20(2)11-13-21)17-24(26)18-28-30-27-29-25(19-32-27)22-8-6-5-7-9-22/h5-15,17-19H,3-4,16H2,1-2H3,(H,29,30). The first-order chi connectivity index (χ1) is 15.7. The van der Waals surface area contributed by atoms with Crippen LogP contribution in [0, 0.1) is 6.92 Å². The molecule has 162 valence electrons. The number of unbranched alkanes of at least 4 members (excludes halogenated alkanes) is 1. The average molecular weight is 442 g/mol. The van der Waals surface area contributed by atoms with Crippen molar-refractivity contribution < 1.29 is 4.74 Å². The third-order valence-electron chi connectivity index (χ3n) is 5.09. The smallest absolute Gasteiger partial charge is 0.203 e. The monoisotopic (exact) mass is 441 g/mol. The third kappa shape index (κ3) is 5.62. The lowest BCUT2D eigenvalue weighted by atomic mass is 10.0. The topological polar surface area (TPSA) is 46.5 Å². The molecule has 0 fully saturated rings. The van der Waals surface area contributed by atoms with Crippen LogP contribution in [0.25, 0.3) is 22.4 Å². The normalized spacial score (nSPS) is 11.1.